The molecule has 4 heteroatoms. The number of nitrogens with one attached hydrogen (secondary N) is 1. The van der Waals surface area contributed by atoms with E-state index in [-0.39, 0.29) is 11.8 Å². The zero-order valence-corrected chi connectivity index (χ0v) is 11.2. The third-order valence-corrected chi connectivity index (χ3v) is 4.10. The quantitative estimate of drug-likeness (QED) is 0.788. The summed E-state index contributed by atoms with van der Waals surface area (Å²) in [6.07, 6.45) is 3.62. The van der Waals surface area contributed by atoms with Crippen molar-refractivity contribution in [1.29, 1.82) is 0 Å². The van der Waals surface area contributed by atoms with Crippen molar-refractivity contribution in [1.82, 2.24) is 10.2 Å². The molecule has 0 unspecified atom stereocenters. The van der Waals surface area contributed by atoms with Crippen LogP contribution in [0.5, 0.6) is 0 Å². The molecule has 0 radical (unpaired) electrons. The maximum atomic E-state index is 12.4. The molecule has 1 heterocycles. The second-order valence-electron chi connectivity index (χ2n) is 6.35. The highest BCUT2D eigenvalue weighted by Gasteiger charge is 2.50. The van der Waals surface area contributed by atoms with Crippen LogP contribution in [0.1, 0.15) is 47.0 Å². The molecule has 2 fully saturated rings. The summed E-state index contributed by atoms with van der Waals surface area (Å²) in [6, 6.07) is 0. The summed E-state index contributed by atoms with van der Waals surface area (Å²) in [6.45, 7) is 7.93. The first-order valence-electron chi connectivity index (χ1n) is 6.40. The monoisotopic (exact) mass is 238 g/mol. The van der Waals surface area contributed by atoms with Crippen LogP contribution in [0, 0.1) is 5.92 Å². The highest BCUT2D eigenvalue weighted by Crippen LogP contribution is 2.32. The zero-order valence-electron chi connectivity index (χ0n) is 11.2. The summed E-state index contributed by atoms with van der Waals surface area (Å²) >= 11 is 0. The Labute approximate surface area is 103 Å². The maximum Gasteiger partial charge on any atom is 0.248 e. The SMILES string of the molecule is CC1(C)NC(=O)C(C)(C)N(CC2CCC2)C1=O. The molecule has 1 saturated carbocycles. The minimum atomic E-state index is -0.768. The van der Waals surface area contributed by atoms with E-state index in [0.717, 1.165) is 6.54 Å². The predicted molar refractivity (Wildman–Crippen MR) is 65.4 cm³/mol. The second kappa shape index (κ2) is 3.72. The molecule has 1 aliphatic carbocycles. The van der Waals surface area contributed by atoms with E-state index in [2.05, 4.69) is 5.32 Å². The first-order valence-corrected chi connectivity index (χ1v) is 6.40. The lowest BCUT2D eigenvalue weighted by Gasteiger charge is -2.49. The Hall–Kier alpha value is -1.06. The van der Waals surface area contributed by atoms with Crippen molar-refractivity contribution in [3.8, 4) is 0 Å². The van der Waals surface area contributed by atoms with Crippen LogP contribution in [0.25, 0.3) is 0 Å². The maximum absolute atomic E-state index is 12.4. The Kier molecular flexibility index (Phi) is 2.71. The fraction of sp³-hybridized carbons (Fsp3) is 0.846. The van der Waals surface area contributed by atoms with Crippen LogP contribution in [0.2, 0.25) is 0 Å². The Bertz CT molecular complexity index is 356. The van der Waals surface area contributed by atoms with Gasteiger partial charge in [-0.15, -0.1) is 0 Å². The van der Waals surface area contributed by atoms with Crippen LogP contribution in [0.4, 0.5) is 0 Å². The molecule has 4 nitrogen and oxygen atoms in total. The fourth-order valence-electron chi connectivity index (χ4n) is 2.45. The fourth-order valence-corrected chi connectivity index (χ4v) is 2.45. The van der Waals surface area contributed by atoms with Gasteiger partial charge in [0, 0.05) is 6.54 Å². The molecule has 1 N–H and O–H groups in total. The van der Waals surface area contributed by atoms with E-state index in [1.807, 2.05) is 13.8 Å². The van der Waals surface area contributed by atoms with Gasteiger partial charge in [0.15, 0.2) is 0 Å². The third kappa shape index (κ3) is 1.94. The normalized spacial score (nSPS) is 27.6. The van der Waals surface area contributed by atoms with Gasteiger partial charge < -0.3 is 10.2 Å². The van der Waals surface area contributed by atoms with Crippen LogP contribution in [0.3, 0.4) is 0 Å². The number of rotatable bonds is 2. The van der Waals surface area contributed by atoms with Crippen molar-refractivity contribution in [2.45, 2.75) is 58.0 Å². The largest absolute Gasteiger partial charge is 0.340 e. The van der Waals surface area contributed by atoms with Crippen molar-refractivity contribution in [2.75, 3.05) is 6.54 Å². The zero-order chi connectivity index (χ0) is 12.8. The highest BCUT2D eigenvalue weighted by molar-refractivity contribution is 6.01. The van der Waals surface area contributed by atoms with Gasteiger partial charge in [-0.1, -0.05) is 6.42 Å². The minimum absolute atomic E-state index is 0.0361. The van der Waals surface area contributed by atoms with E-state index >= 15 is 0 Å². The number of hydrogen-bond acceptors (Lipinski definition) is 2. The van der Waals surface area contributed by atoms with Gasteiger partial charge in [0.05, 0.1) is 0 Å². The molecule has 0 aromatic rings. The molecule has 96 valence electrons. The molecule has 0 aromatic carbocycles. The number of hydrogen-bond donors (Lipinski definition) is 1. The van der Waals surface area contributed by atoms with Gasteiger partial charge in [-0.05, 0) is 46.5 Å². The summed E-state index contributed by atoms with van der Waals surface area (Å²) in [5.74, 6) is 0.565. The van der Waals surface area contributed by atoms with Crippen molar-refractivity contribution < 1.29 is 9.59 Å². The molecule has 2 amide bonds. The molecule has 0 bridgehead atoms. The molecule has 1 saturated heterocycles. The molecule has 1 aliphatic heterocycles. The first kappa shape index (κ1) is 12.4. The molecule has 2 rings (SSSR count). The van der Waals surface area contributed by atoms with Crippen molar-refractivity contribution in [2.24, 2.45) is 5.92 Å². The van der Waals surface area contributed by atoms with Gasteiger partial charge in [0.25, 0.3) is 0 Å². The van der Waals surface area contributed by atoms with E-state index in [9.17, 15) is 9.59 Å². The average Bonchev–Trinajstić information content (AvgIpc) is 2.12. The Morgan fingerprint density at radius 2 is 1.82 bits per heavy atom. The van der Waals surface area contributed by atoms with Crippen molar-refractivity contribution in [3.05, 3.63) is 0 Å². The van der Waals surface area contributed by atoms with Crippen LogP contribution in [-0.2, 0) is 9.59 Å². The Morgan fingerprint density at radius 3 is 2.29 bits per heavy atom. The van der Waals surface area contributed by atoms with Crippen molar-refractivity contribution >= 4 is 11.8 Å². The lowest BCUT2D eigenvalue weighted by atomic mass is 9.82. The Balaban J connectivity index is 2.22. The molecule has 0 atom stereocenters. The topological polar surface area (TPSA) is 49.4 Å². The molecular weight excluding hydrogens is 216 g/mol. The van der Waals surface area contributed by atoms with E-state index < -0.39 is 11.1 Å². The van der Waals surface area contributed by atoms with Gasteiger partial charge in [0.2, 0.25) is 11.8 Å². The average molecular weight is 238 g/mol. The standard InChI is InChI=1S/C13H22N2O2/c1-12(2)11(17)15(8-9-6-5-7-9)13(3,4)10(16)14-12/h9H,5-8H2,1-4H3,(H,14,16). The molecule has 17 heavy (non-hydrogen) atoms. The van der Waals surface area contributed by atoms with Crippen LogP contribution < -0.4 is 5.32 Å². The summed E-state index contributed by atoms with van der Waals surface area (Å²) in [5, 5.41) is 2.80. The van der Waals surface area contributed by atoms with Crippen LogP contribution in [-0.4, -0.2) is 34.3 Å². The summed E-state index contributed by atoms with van der Waals surface area (Å²) in [5.41, 5.74) is -1.49. The predicted octanol–water partition coefficient (Wildman–Crippen LogP) is 1.30. The van der Waals surface area contributed by atoms with Gasteiger partial charge in [-0.2, -0.15) is 0 Å². The smallest absolute Gasteiger partial charge is 0.248 e. The number of carbonyl (C=O) groups excluding carboxylic acids is 2. The lowest BCUT2D eigenvalue weighted by molar-refractivity contribution is -0.160. The van der Waals surface area contributed by atoms with Crippen molar-refractivity contribution in [3.63, 3.8) is 0 Å². The number of carbonyl (C=O) groups is 2. The number of nitrogens with zero attached hydrogens (tertiary/aromatic N) is 1. The summed E-state index contributed by atoms with van der Waals surface area (Å²) in [4.78, 5) is 26.2. The number of piperazine rings is 1. The van der Waals surface area contributed by atoms with Gasteiger partial charge in [-0.25, -0.2) is 0 Å². The molecule has 0 spiro atoms. The lowest BCUT2D eigenvalue weighted by Crippen LogP contribution is -2.72. The van der Waals surface area contributed by atoms with Gasteiger partial charge in [0.1, 0.15) is 11.1 Å². The first-order chi connectivity index (χ1) is 7.75. The molecule has 0 aromatic heterocycles. The van der Waals surface area contributed by atoms with Crippen LogP contribution in [0.15, 0.2) is 0 Å². The molecule has 2 aliphatic rings. The van der Waals surface area contributed by atoms with E-state index in [1.54, 1.807) is 18.7 Å². The van der Waals surface area contributed by atoms with E-state index in [0.29, 0.717) is 5.92 Å². The molecular formula is C13H22N2O2. The van der Waals surface area contributed by atoms with E-state index in [1.165, 1.54) is 19.3 Å². The number of amides is 2. The van der Waals surface area contributed by atoms with Crippen LogP contribution >= 0.6 is 0 Å². The Morgan fingerprint density at radius 1 is 1.24 bits per heavy atom. The summed E-state index contributed by atoms with van der Waals surface area (Å²) in [7, 11) is 0. The highest BCUT2D eigenvalue weighted by atomic mass is 16.2. The van der Waals surface area contributed by atoms with Gasteiger partial charge >= 0.3 is 0 Å². The van der Waals surface area contributed by atoms with Gasteiger partial charge in [-0.3, -0.25) is 9.59 Å². The third-order valence-electron chi connectivity index (χ3n) is 4.10. The second-order valence-corrected chi connectivity index (χ2v) is 6.35. The minimum Gasteiger partial charge on any atom is -0.340 e. The van der Waals surface area contributed by atoms with E-state index in [4.69, 9.17) is 0 Å². The summed E-state index contributed by atoms with van der Waals surface area (Å²) < 4.78 is 0.